The first-order valence-electron chi connectivity index (χ1n) is 10.1. The van der Waals surface area contributed by atoms with Crippen LogP contribution in [0.2, 0.25) is 0 Å². The zero-order chi connectivity index (χ0) is 17.3. The molecule has 24 heavy (non-hydrogen) atoms. The largest absolute Gasteiger partial charge is 0.329 e. The van der Waals surface area contributed by atoms with Crippen molar-refractivity contribution in [3.05, 3.63) is 23.3 Å². The molecular formula is C21H37NOS. The number of nitrogens with one attached hydrogen (secondary N) is 1. The molecular weight excluding hydrogens is 314 g/mol. The maximum absolute atomic E-state index is 11.9. The van der Waals surface area contributed by atoms with E-state index >= 15 is 0 Å². The number of ketones is 1. The molecule has 1 aliphatic heterocycles. The topological polar surface area (TPSA) is 29.1 Å². The fraction of sp³-hybridized carbons (Fsp3) is 0.762. The molecule has 0 aliphatic carbocycles. The predicted octanol–water partition coefficient (Wildman–Crippen LogP) is 7.08. The van der Waals surface area contributed by atoms with E-state index in [1.807, 2.05) is 17.6 Å². The van der Waals surface area contributed by atoms with Crippen molar-refractivity contribution in [3.8, 4) is 0 Å². The Morgan fingerprint density at radius 2 is 1.42 bits per heavy atom. The molecule has 0 amide bonds. The Bertz CT molecular complexity index is 376. The van der Waals surface area contributed by atoms with Crippen LogP contribution in [0.25, 0.3) is 0 Å². The zero-order valence-electron chi connectivity index (χ0n) is 15.7. The summed E-state index contributed by atoms with van der Waals surface area (Å²) in [5, 5.41) is 1.99. The quantitative estimate of drug-likeness (QED) is 0.238. The molecule has 0 atom stereocenters. The molecule has 2 nitrogen and oxygen atoms in total. The maximum atomic E-state index is 11.9. The summed E-state index contributed by atoms with van der Waals surface area (Å²) in [7, 11) is 0. The minimum Gasteiger partial charge on any atom is -0.329 e. The number of Topliss-reactive ketones (excluding diaryl/α,β-unsaturated/α-hetero) is 1. The summed E-state index contributed by atoms with van der Waals surface area (Å²) in [6.45, 7) is 2.28. The normalized spacial score (nSPS) is 13.6. The molecule has 1 aliphatic rings. The molecule has 0 aromatic heterocycles. The molecule has 0 fully saturated rings. The summed E-state index contributed by atoms with van der Waals surface area (Å²) < 4.78 is 3.17. The lowest BCUT2D eigenvalue weighted by Gasteiger charge is -2.09. The van der Waals surface area contributed by atoms with Crippen LogP contribution in [0.5, 0.6) is 0 Å². The highest BCUT2D eigenvalue weighted by Gasteiger charge is 2.06. The first kappa shape index (κ1) is 21.3. The highest BCUT2D eigenvalue weighted by Crippen LogP contribution is 2.15. The van der Waals surface area contributed by atoms with Crippen molar-refractivity contribution in [1.82, 2.24) is 4.72 Å². The van der Waals surface area contributed by atoms with Gasteiger partial charge in [0, 0.05) is 18.5 Å². The fourth-order valence-corrected chi connectivity index (χ4v) is 3.59. The van der Waals surface area contributed by atoms with Gasteiger partial charge in [0.1, 0.15) is 5.78 Å². The van der Waals surface area contributed by atoms with Crippen molar-refractivity contribution >= 4 is 17.7 Å². The minimum atomic E-state index is 0.368. The second kappa shape index (κ2) is 15.8. The molecule has 0 radical (unpaired) electrons. The van der Waals surface area contributed by atoms with E-state index in [0.717, 1.165) is 18.5 Å². The third kappa shape index (κ3) is 12.7. The number of hydrogen-bond donors (Lipinski definition) is 1. The predicted molar refractivity (Wildman–Crippen MR) is 108 cm³/mol. The number of unbranched alkanes of at least 4 members (excludes halogenated alkanes) is 12. The van der Waals surface area contributed by atoms with Gasteiger partial charge in [0.05, 0.1) is 0 Å². The van der Waals surface area contributed by atoms with Crippen molar-refractivity contribution in [2.45, 2.75) is 103 Å². The van der Waals surface area contributed by atoms with Gasteiger partial charge in [0.2, 0.25) is 0 Å². The van der Waals surface area contributed by atoms with E-state index < -0.39 is 0 Å². The highest BCUT2D eigenvalue weighted by atomic mass is 32.2. The van der Waals surface area contributed by atoms with Crippen molar-refractivity contribution in [2.24, 2.45) is 0 Å². The van der Waals surface area contributed by atoms with Gasteiger partial charge in [-0.15, -0.1) is 0 Å². The van der Waals surface area contributed by atoms with Crippen LogP contribution in [0, 0.1) is 0 Å². The molecule has 138 valence electrons. The average molecular weight is 352 g/mol. The Balaban J connectivity index is 1.79. The van der Waals surface area contributed by atoms with Crippen molar-refractivity contribution in [3.63, 3.8) is 0 Å². The first-order chi connectivity index (χ1) is 11.8. The van der Waals surface area contributed by atoms with Crippen LogP contribution in [-0.2, 0) is 4.79 Å². The summed E-state index contributed by atoms with van der Waals surface area (Å²) >= 11 is 1.54. The van der Waals surface area contributed by atoms with Crippen LogP contribution in [0.3, 0.4) is 0 Å². The second-order valence-electron chi connectivity index (χ2n) is 6.95. The van der Waals surface area contributed by atoms with Gasteiger partial charge in [-0.25, -0.2) is 0 Å². The van der Waals surface area contributed by atoms with Crippen LogP contribution in [0.15, 0.2) is 23.3 Å². The van der Waals surface area contributed by atoms with Gasteiger partial charge in [-0.3, -0.25) is 4.79 Å². The van der Waals surface area contributed by atoms with Crippen LogP contribution in [-0.4, -0.2) is 5.78 Å². The van der Waals surface area contributed by atoms with Crippen LogP contribution in [0.1, 0.15) is 103 Å². The Kier molecular flexibility index (Phi) is 14.1. The van der Waals surface area contributed by atoms with E-state index in [0.29, 0.717) is 12.2 Å². The summed E-state index contributed by atoms with van der Waals surface area (Å²) in [4.78, 5) is 11.9. The molecule has 0 aromatic carbocycles. The van der Waals surface area contributed by atoms with Gasteiger partial charge in [-0.1, -0.05) is 90.0 Å². The van der Waals surface area contributed by atoms with Gasteiger partial charge < -0.3 is 4.72 Å². The molecule has 0 bridgehead atoms. The molecule has 1 N–H and O–H groups in total. The van der Waals surface area contributed by atoms with E-state index in [1.54, 1.807) is 11.9 Å². The van der Waals surface area contributed by atoms with E-state index in [-0.39, 0.29) is 0 Å². The Morgan fingerprint density at radius 1 is 0.875 bits per heavy atom. The summed E-state index contributed by atoms with van der Waals surface area (Å²) in [5.74, 6) is 0.368. The first-order valence-corrected chi connectivity index (χ1v) is 11.0. The number of allylic oxidation sites excluding steroid dienone is 3. The van der Waals surface area contributed by atoms with Gasteiger partial charge in [-0.05, 0) is 29.9 Å². The molecule has 1 heterocycles. The lowest BCUT2D eigenvalue weighted by atomic mass is 10.0. The zero-order valence-corrected chi connectivity index (χ0v) is 16.5. The summed E-state index contributed by atoms with van der Waals surface area (Å²) in [6, 6.07) is 0. The number of carbonyl (C=O) groups excluding carboxylic acids is 1. The van der Waals surface area contributed by atoms with E-state index in [2.05, 4.69) is 11.6 Å². The van der Waals surface area contributed by atoms with Gasteiger partial charge in [0.25, 0.3) is 0 Å². The van der Waals surface area contributed by atoms with Crippen molar-refractivity contribution < 1.29 is 4.79 Å². The Hall–Kier alpha value is -0.700. The Labute approximate surface area is 154 Å². The molecule has 0 unspecified atom stereocenters. The lowest BCUT2D eigenvalue weighted by molar-refractivity contribution is -0.118. The number of hydrogen-bond acceptors (Lipinski definition) is 3. The molecule has 0 saturated carbocycles. The summed E-state index contributed by atoms with van der Waals surface area (Å²) in [5.41, 5.74) is 1.04. The van der Waals surface area contributed by atoms with E-state index in [9.17, 15) is 4.79 Å². The smallest absolute Gasteiger partial charge is 0.138 e. The van der Waals surface area contributed by atoms with Crippen molar-refractivity contribution in [1.29, 1.82) is 0 Å². The second-order valence-corrected chi connectivity index (χ2v) is 7.66. The van der Waals surface area contributed by atoms with Crippen LogP contribution < -0.4 is 4.72 Å². The maximum Gasteiger partial charge on any atom is 0.138 e. The lowest BCUT2D eigenvalue weighted by Crippen LogP contribution is -2.10. The SMILES string of the molecule is CCCCCCCCCCCCCCCC(=O)CC1=CC=CSN1. The highest BCUT2D eigenvalue weighted by molar-refractivity contribution is 8.00. The van der Waals surface area contributed by atoms with E-state index in [1.165, 1.54) is 77.0 Å². The van der Waals surface area contributed by atoms with Crippen LogP contribution >= 0.6 is 11.9 Å². The Morgan fingerprint density at radius 3 is 1.92 bits per heavy atom. The molecule has 1 rings (SSSR count). The van der Waals surface area contributed by atoms with E-state index in [4.69, 9.17) is 0 Å². The third-order valence-corrected chi connectivity index (χ3v) is 5.25. The molecule has 0 aromatic rings. The molecule has 0 spiro atoms. The van der Waals surface area contributed by atoms with Crippen molar-refractivity contribution in [2.75, 3.05) is 0 Å². The fourth-order valence-electron chi connectivity index (χ4n) is 3.07. The summed E-state index contributed by atoms with van der Waals surface area (Å²) in [6.07, 6.45) is 22.9. The molecule has 3 heteroatoms. The minimum absolute atomic E-state index is 0.368. The molecule has 0 saturated heterocycles. The van der Waals surface area contributed by atoms with Gasteiger partial charge in [-0.2, -0.15) is 0 Å². The number of carbonyl (C=O) groups is 1. The third-order valence-electron chi connectivity index (χ3n) is 4.58. The van der Waals surface area contributed by atoms with Gasteiger partial charge >= 0.3 is 0 Å². The standard InChI is InChI=1S/C21H37NOS/c1-2-3-4-5-6-7-8-9-10-11-12-13-14-17-21(23)19-20-16-15-18-24-22-20/h15-16,18,22H,2-14,17,19H2,1H3. The van der Waals surface area contributed by atoms with Crippen LogP contribution in [0.4, 0.5) is 0 Å². The average Bonchev–Trinajstić information content (AvgIpc) is 2.60. The number of rotatable bonds is 16. The monoisotopic (exact) mass is 351 g/mol. The van der Waals surface area contributed by atoms with Gasteiger partial charge in [0.15, 0.2) is 0 Å².